The normalized spacial score (nSPS) is 16.1. The van der Waals surface area contributed by atoms with Crippen molar-refractivity contribution in [2.45, 2.75) is 13.1 Å². The van der Waals surface area contributed by atoms with Gasteiger partial charge in [0.1, 0.15) is 6.33 Å². The molecule has 20 heavy (non-hydrogen) atoms. The summed E-state index contributed by atoms with van der Waals surface area (Å²) >= 11 is 5.32. The van der Waals surface area contributed by atoms with E-state index in [0.29, 0.717) is 0 Å². The molecule has 4 nitrogen and oxygen atoms in total. The third-order valence-electron chi connectivity index (χ3n) is 3.66. The Labute approximate surface area is 124 Å². The molecule has 0 atom stereocenters. The zero-order chi connectivity index (χ0) is 13.9. The molecule has 104 valence electrons. The molecule has 2 aromatic rings. The molecule has 0 aliphatic carbocycles. The van der Waals surface area contributed by atoms with E-state index in [-0.39, 0.29) is 0 Å². The molecule has 3 rings (SSSR count). The molecule has 0 N–H and O–H groups in total. The van der Waals surface area contributed by atoms with E-state index in [1.807, 2.05) is 16.3 Å². The lowest BCUT2D eigenvalue weighted by molar-refractivity contribution is 0.226. The van der Waals surface area contributed by atoms with Gasteiger partial charge in [-0.2, -0.15) is 5.10 Å². The van der Waals surface area contributed by atoms with Gasteiger partial charge >= 0.3 is 0 Å². The van der Waals surface area contributed by atoms with Gasteiger partial charge in [0, 0.05) is 20.1 Å². The first-order valence-corrected chi connectivity index (χ1v) is 7.20. The first kappa shape index (κ1) is 13.3. The fourth-order valence-electron chi connectivity index (χ4n) is 2.46. The maximum atomic E-state index is 5.32. The van der Waals surface area contributed by atoms with Crippen LogP contribution in [0, 0.1) is 4.77 Å². The largest absolute Gasteiger partial charge is 0.310 e. The number of rotatable bonds is 3. The fourth-order valence-corrected chi connectivity index (χ4v) is 2.61. The Balaban J connectivity index is 1.68. The Morgan fingerprint density at radius 3 is 2.65 bits per heavy atom. The minimum absolute atomic E-state index is 0.762. The Kier molecular flexibility index (Phi) is 3.80. The first-order chi connectivity index (χ1) is 9.74. The molecular formula is C15H18N4S. The molecule has 0 unspecified atom stereocenters. The average molecular weight is 286 g/mol. The predicted molar refractivity (Wildman–Crippen MR) is 82.6 cm³/mol. The van der Waals surface area contributed by atoms with E-state index in [2.05, 4.69) is 46.4 Å². The summed E-state index contributed by atoms with van der Waals surface area (Å²) < 4.78 is 4.50. The van der Waals surface area contributed by atoms with Crippen LogP contribution < -0.4 is 0 Å². The first-order valence-electron chi connectivity index (χ1n) is 6.79. The number of nitrogens with zero attached hydrogens (tertiary/aromatic N) is 4. The van der Waals surface area contributed by atoms with Crippen molar-refractivity contribution in [2.75, 3.05) is 13.1 Å². The molecular weight excluding hydrogens is 268 g/mol. The molecule has 0 bridgehead atoms. The summed E-state index contributed by atoms with van der Waals surface area (Å²) in [4.78, 5) is 2.36. The van der Waals surface area contributed by atoms with Gasteiger partial charge in [-0.15, -0.1) is 0 Å². The van der Waals surface area contributed by atoms with E-state index in [1.165, 1.54) is 11.1 Å². The summed E-state index contributed by atoms with van der Waals surface area (Å²) in [5.41, 5.74) is 2.77. The lowest BCUT2D eigenvalue weighted by atomic mass is 10.00. The highest BCUT2D eigenvalue weighted by atomic mass is 32.1. The summed E-state index contributed by atoms with van der Waals surface area (Å²) in [5, 5.41) is 4.30. The molecule has 0 saturated carbocycles. The number of aromatic nitrogens is 3. The zero-order valence-electron chi connectivity index (χ0n) is 11.6. The molecule has 0 amide bonds. The van der Waals surface area contributed by atoms with E-state index in [4.69, 9.17) is 12.2 Å². The monoisotopic (exact) mass is 286 g/mol. The van der Waals surface area contributed by atoms with Crippen molar-refractivity contribution in [2.24, 2.45) is 7.05 Å². The summed E-state index contributed by atoms with van der Waals surface area (Å²) in [6.07, 6.45) is 5.15. The molecule has 0 saturated heterocycles. The van der Waals surface area contributed by atoms with E-state index < -0.39 is 0 Å². The van der Waals surface area contributed by atoms with Crippen LogP contribution in [0.15, 0.2) is 42.7 Å². The molecule has 0 fully saturated rings. The van der Waals surface area contributed by atoms with Gasteiger partial charge in [0.15, 0.2) is 4.77 Å². The van der Waals surface area contributed by atoms with Gasteiger partial charge in [-0.3, -0.25) is 4.90 Å². The van der Waals surface area contributed by atoms with Crippen LogP contribution in [0.3, 0.4) is 0 Å². The highest BCUT2D eigenvalue weighted by molar-refractivity contribution is 7.71. The highest BCUT2D eigenvalue weighted by Crippen LogP contribution is 2.22. The van der Waals surface area contributed by atoms with Crippen molar-refractivity contribution in [1.29, 1.82) is 0 Å². The summed E-state index contributed by atoms with van der Waals surface area (Å²) in [6.45, 7) is 2.75. The molecule has 1 aliphatic rings. The Morgan fingerprint density at radius 1 is 1.25 bits per heavy atom. The maximum Gasteiger partial charge on any atom is 0.198 e. The van der Waals surface area contributed by atoms with Crippen LogP contribution in [-0.4, -0.2) is 32.3 Å². The molecule has 0 radical (unpaired) electrons. The standard InChI is InChI=1S/C15H18N4S/c1-17-11-16-19(15(17)20)12-18-9-7-14(8-10-18)13-5-3-2-4-6-13/h2-7,11H,8-10,12H2,1H3. The van der Waals surface area contributed by atoms with Gasteiger partial charge in [-0.1, -0.05) is 36.4 Å². The Hall–Kier alpha value is -1.72. The van der Waals surface area contributed by atoms with E-state index >= 15 is 0 Å². The van der Waals surface area contributed by atoms with Gasteiger partial charge in [0.05, 0.1) is 6.67 Å². The van der Waals surface area contributed by atoms with E-state index in [1.54, 1.807) is 6.33 Å². The molecule has 0 spiro atoms. The molecule has 2 heterocycles. The van der Waals surface area contributed by atoms with Crippen molar-refractivity contribution in [1.82, 2.24) is 19.2 Å². The zero-order valence-corrected chi connectivity index (χ0v) is 12.4. The quantitative estimate of drug-likeness (QED) is 0.811. The second kappa shape index (κ2) is 5.73. The van der Waals surface area contributed by atoms with Gasteiger partial charge < -0.3 is 4.57 Å². The predicted octanol–water partition coefficient (Wildman–Crippen LogP) is 2.70. The van der Waals surface area contributed by atoms with Crippen LogP contribution in [0.5, 0.6) is 0 Å². The number of aryl methyl sites for hydroxylation is 1. The molecule has 5 heteroatoms. The second-order valence-corrected chi connectivity index (χ2v) is 5.45. The summed E-state index contributed by atoms with van der Waals surface area (Å²) in [5.74, 6) is 0. The topological polar surface area (TPSA) is 26.0 Å². The Bertz CT molecular complexity index is 669. The van der Waals surface area contributed by atoms with Crippen molar-refractivity contribution < 1.29 is 0 Å². The molecule has 1 aliphatic heterocycles. The van der Waals surface area contributed by atoms with Crippen molar-refractivity contribution in [3.63, 3.8) is 0 Å². The smallest absolute Gasteiger partial charge is 0.198 e. The van der Waals surface area contributed by atoms with Crippen LogP contribution in [0.25, 0.3) is 5.57 Å². The van der Waals surface area contributed by atoms with Crippen molar-refractivity contribution in [3.8, 4) is 0 Å². The van der Waals surface area contributed by atoms with Crippen LogP contribution in [0.1, 0.15) is 12.0 Å². The lowest BCUT2D eigenvalue weighted by Gasteiger charge is -2.26. The SMILES string of the molecule is Cn1cnn(CN2CC=C(c3ccccc3)CC2)c1=S. The minimum Gasteiger partial charge on any atom is -0.310 e. The van der Waals surface area contributed by atoms with E-state index in [9.17, 15) is 0 Å². The minimum atomic E-state index is 0.762. The summed E-state index contributed by atoms with van der Waals surface area (Å²) in [7, 11) is 1.93. The third kappa shape index (κ3) is 2.73. The van der Waals surface area contributed by atoms with Crippen molar-refractivity contribution >= 4 is 17.8 Å². The van der Waals surface area contributed by atoms with Gasteiger partial charge in [-0.05, 0) is 29.8 Å². The summed E-state index contributed by atoms with van der Waals surface area (Å²) in [6, 6.07) is 10.6. The van der Waals surface area contributed by atoms with Crippen LogP contribution in [0.2, 0.25) is 0 Å². The van der Waals surface area contributed by atoms with E-state index in [0.717, 1.165) is 31.0 Å². The Morgan fingerprint density at radius 2 is 2.05 bits per heavy atom. The maximum absolute atomic E-state index is 5.32. The lowest BCUT2D eigenvalue weighted by Crippen LogP contribution is -2.31. The van der Waals surface area contributed by atoms with Gasteiger partial charge in [0.2, 0.25) is 0 Å². The van der Waals surface area contributed by atoms with Crippen molar-refractivity contribution in [3.05, 3.63) is 53.1 Å². The van der Waals surface area contributed by atoms with Crippen LogP contribution in [0.4, 0.5) is 0 Å². The number of hydrogen-bond acceptors (Lipinski definition) is 3. The molecule has 1 aromatic carbocycles. The number of hydrogen-bond donors (Lipinski definition) is 0. The van der Waals surface area contributed by atoms with Gasteiger partial charge in [-0.25, -0.2) is 4.68 Å². The fraction of sp³-hybridized carbons (Fsp3) is 0.333. The number of benzene rings is 1. The van der Waals surface area contributed by atoms with Gasteiger partial charge in [0.25, 0.3) is 0 Å². The van der Waals surface area contributed by atoms with Crippen LogP contribution in [-0.2, 0) is 13.7 Å². The molecule has 1 aromatic heterocycles. The highest BCUT2D eigenvalue weighted by Gasteiger charge is 2.13. The average Bonchev–Trinajstić information content (AvgIpc) is 2.81. The third-order valence-corrected chi connectivity index (χ3v) is 4.16. The van der Waals surface area contributed by atoms with Crippen LogP contribution >= 0.6 is 12.2 Å². The second-order valence-electron chi connectivity index (χ2n) is 5.09.